The van der Waals surface area contributed by atoms with E-state index < -0.39 is 0 Å². The van der Waals surface area contributed by atoms with Gasteiger partial charge in [-0.3, -0.25) is 0 Å². The highest BCUT2D eigenvalue weighted by molar-refractivity contribution is 5.16. The summed E-state index contributed by atoms with van der Waals surface area (Å²) in [7, 11) is 0. The zero-order valence-corrected chi connectivity index (χ0v) is 10.9. The average Bonchev–Trinajstić information content (AvgIpc) is 2.82. The van der Waals surface area contributed by atoms with Gasteiger partial charge in [-0.25, -0.2) is 0 Å². The van der Waals surface area contributed by atoms with Crippen molar-refractivity contribution in [3.05, 3.63) is 12.2 Å². The molecule has 0 unspecified atom stereocenters. The van der Waals surface area contributed by atoms with E-state index in [4.69, 9.17) is 4.74 Å². The molecule has 3 rings (SSSR count). The van der Waals surface area contributed by atoms with Crippen molar-refractivity contribution in [1.29, 1.82) is 0 Å². The molecule has 1 saturated heterocycles. The SMILES string of the molecule is C=C1CC[C@H]2O[C@@]2(C)CC[C@H]2[C@@H]1CC2(C)C. The minimum Gasteiger partial charge on any atom is -0.366 e. The van der Waals surface area contributed by atoms with Crippen LogP contribution in [0.3, 0.4) is 0 Å². The zero-order valence-electron chi connectivity index (χ0n) is 10.9. The van der Waals surface area contributed by atoms with E-state index >= 15 is 0 Å². The fourth-order valence-electron chi connectivity index (χ4n) is 4.08. The second-order valence-electron chi connectivity index (χ2n) is 7.06. The first kappa shape index (κ1) is 10.8. The molecular formula is C15H24O. The lowest BCUT2D eigenvalue weighted by atomic mass is 9.52. The van der Waals surface area contributed by atoms with Gasteiger partial charge in [0.1, 0.15) is 0 Å². The molecule has 2 saturated carbocycles. The Morgan fingerprint density at radius 3 is 2.69 bits per heavy atom. The molecule has 3 fully saturated rings. The summed E-state index contributed by atoms with van der Waals surface area (Å²) in [4.78, 5) is 0. The summed E-state index contributed by atoms with van der Waals surface area (Å²) < 4.78 is 5.86. The molecule has 0 aromatic heterocycles. The van der Waals surface area contributed by atoms with E-state index in [1.807, 2.05) is 0 Å². The number of hydrogen-bond acceptors (Lipinski definition) is 1. The van der Waals surface area contributed by atoms with Crippen molar-refractivity contribution in [1.82, 2.24) is 0 Å². The molecule has 0 aromatic carbocycles. The van der Waals surface area contributed by atoms with Crippen LogP contribution >= 0.6 is 0 Å². The maximum Gasteiger partial charge on any atom is 0.0920 e. The quantitative estimate of drug-likeness (QED) is 0.445. The van der Waals surface area contributed by atoms with Gasteiger partial charge >= 0.3 is 0 Å². The van der Waals surface area contributed by atoms with Gasteiger partial charge in [-0.05, 0) is 56.3 Å². The highest BCUT2D eigenvalue weighted by atomic mass is 16.6. The highest BCUT2D eigenvalue weighted by Gasteiger charge is 2.55. The van der Waals surface area contributed by atoms with Crippen LogP contribution in [-0.2, 0) is 4.74 Å². The van der Waals surface area contributed by atoms with Gasteiger partial charge in [0.15, 0.2) is 0 Å². The largest absolute Gasteiger partial charge is 0.366 e. The topological polar surface area (TPSA) is 12.5 Å². The monoisotopic (exact) mass is 220 g/mol. The van der Waals surface area contributed by atoms with Gasteiger partial charge in [0.2, 0.25) is 0 Å². The average molecular weight is 220 g/mol. The predicted octanol–water partition coefficient (Wildman–Crippen LogP) is 3.94. The molecule has 1 heteroatoms. The Kier molecular flexibility index (Phi) is 2.12. The van der Waals surface area contributed by atoms with Gasteiger partial charge in [-0.1, -0.05) is 26.0 Å². The van der Waals surface area contributed by atoms with E-state index in [9.17, 15) is 0 Å². The Hall–Kier alpha value is -0.300. The summed E-state index contributed by atoms with van der Waals surface area (Å²) in [5, 5.41) is 0. The van der Waals surface area contributed by atoms with Gasteiger partial charge in [0.25, 0.3) is 0 Å². The van der Waals surface area contributed by atoms with Crippen molar-refractivity contribution in [3.8, 4) is 0 Å². The fraction of sp³-hybridized carbons (Fsp3) is 0.867. The minimum absolute atomic E-state index is 0.223. The molecule has 3 aliphatic rings. The second kappa shape index (κ2) is 3.13. The lowest BCUT2D eigenvalue weighted by Gasteiger charge is -2.53. The van der Waals surface area contributed by atoms with Crippen molar-refractivity contribution in [3.63, 3.8) is 0 Å². The maximum atomic E-state index is 5.86. The van der Waals surface area contributed by atoms with Gasteiger partial charge in [0, 0.05) is 0 Å². The van der Waals surface area contributed by atoms with Crippen LogP contribution in [0, 0.1) is 17.3 Å². The van der Waals surface area contributed by atoms with Crippen LogP contribution in [0.25, 0.3) is 0 Å². The van der Waals surface area contributed by atoms with Crippen LogP contribution in [0.15, 0.2) is 12.2 Å². The summed E-state index contributed by atoms with van der Waals surface area (Å²) in [5.74, 6) is 1.68. The second-order valence-corrected chi connectivity index (χ2v) is 7.06. The summed E-state index contributed by atoms with van der Waals surface area (Å²) >= 11 is 0. The molecule has 0 spiro atoms. The number of hydrogen-bond donors (Lipinski definition) is 0. The Balaban J connectivity index is 1.78. The molecule has 2 aliphatic carbocycles. The molecule has 16 heavy (non-hydrogen) atoms. The van der Waals surface area contributed by atoms with Crippen molar-refractivity contribution < 1.29 is 4.74 Å². The lowest BCUT2D eigenvalue weighted by Crippen LogP contribution is -2.44. The van der Waals surface area contributed by atoms with E-state index in [-0.39, 0.29) is 5.60 Å². The molecule has 1 aliphatic heterocycles. The molecule has 0 N–H and O–H groups in total. The molecule has 90 valence electrons. The molecule has 0 radical (unpaired) electrons. The van der Waals surface area contributed by atoms with Crippen molar-refractivity contribution in [2.45, 2.75) is 64.6 Å². The van der Waals surface area contributed by atoms with Crippen LogP contribution in [0.4, 0.5) is 0 Å². The van der Waals surface area contributed by atoms with E-state index in [1.165, 1.54) is 37.7 Å². The third-order valence-electron chi connectivity index (χ3n) is 5.47. The van der Waals surface area contributed by atoms with Crippen molar-refractivity contribution in [2.75, 3.05) is 0 Å². The first-order valence-corrected chi connectivity index (χ1v) is 6.78. The summed E-state index contributed by atoms with van der Waals surface area (Å²) in [6.45, 7) is 11.5. The van der Waals surface area contributed by atoms with E-state index in [0.717, 1.165) is 11.8 Å². The third-order valence-corrected chi connectivity index (χ3v) is 5.47. The van der Waals surface area contributed by atoms with Gasteiger partial charge in [0.05, 0.1) is 11.7 Å². The number of epoxide rings is 1. The first-order chi connectivity index (χ1) is 7.42. The number of rotatable bonds is 0. The smallest absolute Gasteiger partial charge is 0.0920 e. The van der Waals surface area contributed by atoms with Crippen LogP contribution in [0.5, 0.6) is 0 Å². The molecule has 1 heterocycles. The lowest BCUT2D eigenvalue weighted by molar-refractivity contribution is -0.00211. The standard InChI is InChI=1S/C15H24O/c1-10-5-6-13-15(4,16-13)8-7-12-11(10)9-14(12,2)3/h11-13H,1,5-9H2,2-4H3/t11-,12+,13-,15+/m1/s1. The predicted molar refractivity (Wildman–Crippen MR) is 66.3 cm³/mol. The van der Waals surface area contributed by atoms with E-state index in [2.05, 4.69) is 27.4 Å². The van der Waals surface area contributed by atoms with Crippen LogP contribution in [0.2, 0.25) is 0 Å². The summed E-state index contributed by atoms with van der Waals surface area (Å²) in [6, 6.07) is 0. The highest BCUT2D eigenvalue weighted by Crippen LogP contribution is 2.59. The Bertz CT molecular complexity index is 330. The normalized spacial score (nSPS) is 50.2. The van der Waals surface area contributed by atoms with Crippen LogP contribution in [-0.4, -0.2) is 11.7 Å². The summed E-state index contributed by atoms with van der Waals surface area (Å²) in [6.07, 6.45) is 6.89. The molecule has 4 atom stereocenters. The van der Waals surface area contributed by atoms with Gasteiger partial charge in [-0.15, -0.1) is 0 Å². The molecule has 0 aromatic rings. The molecule has 1 nitrogen and oxygen atoms in total. The van der Waals surface area contributed by atoms with Crippen LogP contribution < -0.4 is 0 Å². The van der Waals surface area contributed by atoms with Crippen molar-refractivity contribution in [2.24, 2.45) is 17.3 Å². The van der Waals surface area contributed by atoms with Gasteiger partial charge < -0.3 is 4.74 Å². The van der Waals surface area contributed by atoms with Crippen LogP contribution in [0.1, 0.15) is 52.9 Å². The maximum absolute atomic E-state index is 5.86. The molecule has 0 bridgehead atoms. The molecular weight excluding hydrogens is 196 g/mol. The Labute approximate surface area is 99.3 Å². The van der Waals surface area contributed by atoms with E-state index in [1.54, 1.807) is 0 Å². The van der Waals surface area contributed by atoms with Gasteiger partial charge in [-0.2, -0.15) is 0 Å². The number of fused-ring (bicyclic) bond motifs is 2. The Morgan fingerprint density at radius 2 is 2.00 bits per heavy atom. The number of allylic oxidation sites excluding steroid dienone is 1. The number of ether oxygens (including phenoxy) is 1. The zero-order chi connectivity index (χ0) is 11.6. The van der Waals surface area contributed by atoms with E-state index in [0.29, 0.717) is 11.5 Å². The minimum atomic E-state index is 0.223. The fourth-order valence-corrected chi connectivity index (χ4v) is 4.08. The first-order valence-electron chi connectivity index (χ1n) is 6.78. The van der Waals surface area contributed by atoms with Crippen molar-refractivity contribution >= 4 is 0 Å². The molecule has 0 amide bonds. The third kappa shape index (κ3) is 1.48. The Morgan fingerprint density at radius 1 is 1.25 bits per heavy atom. The summed E-state index contributed by atoms with van der Waals surface area (Å²) in [5.41, 5.74) is 2.27.